The second-order valence-electron chi connectivity index (χ2n) is 19.4. The summed E-state index contributed by atoms with van der Waals surface area (Å²) in [5, 5.41) is 59.7. The van der Waals surface area contributed by atoms with Crippen molar-refractivity contribution in [2.45, 2.75) is 159 Å². The first-order chi connectivity index (χ1) is 35.0. The second-order valence-corrected chi connectivity index (χ2v) is 19.4. The normalized spacial score (nSPS) is 22.9. The number of amides is 1. The molecule has 4 aliphatic heterocycles. The van der Waals surface area contributed by atoms with E-state index < -0.39 is 79.6 Å². The number of unbranched alkanes of at least 4 members (excludes halogenated alkanes) is 12. The van der Waals surface area contributed by atoms with Crippen molar-refractivity contribution in [3.63, 3.8) is 0 Å². The number of para-hydroxylation sites is 1. The predicted octanol–water partition coefficient (Wildman–Crippen LogP) is 6.26. The fraction of sp³-hybridized carbons (Fsp3) is 0.589. The molecule has 6 N–H and O–H groups in total. The fourth-order valence-electron chi connectivity index (χ4n) is 9.88. The number of aliphatic hydroxyl groups is 6. The van der Waals surface area contributed by atoms with Crippen molar-refractivity contribution in [1.82, 2.24) is 9.80 Å². The number of esters is 2. The van der Waals surface area contributed by atoms with Gasteiger partial charge in [-0.25, -0.2) is 4.79 Å². The number of anilines is 1. The van der Waals surface area contributed by atoms with Crippen LogP contribution in [0.4, 0.5) is 5.69 Å². The van der Waals surface area contributed by atoms with Crippen molar-refractivity contribution >= 4 is 23.5 Å². The maximum atomic E-state index is 12.4. The summed E-state index contributed by atoms with van der Waals surface area (Å²) in [6, 6.07) is 30.2. The van der Waals surface area contributed by atoms with Crippen molar-refractivity contribution in [2.24, 2.45) is 0 Å². The summed E-state index contributed by atoms with van der Waals surface area (Å²) in [6.07, 6.45) is 5.72. The predicted molar refractivity (Wildman–Crippen MR) is 272 cm³/mol. The number of carbonyl (C=O) groups excluding carboxylic acids is 3. The largest absolute Gasteiger partial charge is 0.505 e. The van der Waals surface area contributed by atoms with Crippen LogP contribution in [-0.2, 0) is 39.8 Å². The Balaban J connectivity index is 0.000000240. The highest BCUT2D eigenvalue weighted by Gasteiger charge is 2.48. The average molecular weight is 1000 g/mol. The summed E-state index contributed by atoms with van der Waals surface area (Å²) in [5.41, 5.74) is 4.99. The molecule has 1 amide bonds. The third-order valence-corrected chi connectivity index (χ3v) is 14.0. The molecule has 0 bridgehead atoms. The summed E-state index contributed by atoms with van der Waals surface area (Å²) in [4.78, 5) is 43.8. The minimum absolute atomic E-state index is 0.183. The van der Waals surface area contributed by atoms with E-state index in [0.717, 1.165) is 70.6 Å². The molecule has 4 aliphatic rings. The molecule has 4 heterocycles. The molecular weight excluding hydrogens is 923 g/mol. The van der Waals surface area contributed by atoms with Crippen LogP contribution in [0.2, 0.25) is 0 Å². The monoisotopic (exact) mass is 1000 g/mol. The van der Waals surface area contributed by atoms with Crippen LogP contribution in [0.3, 0.4) is 0 Å². The summed E-state index contributed by atoms with van der Waals surface area (Å²) in [5.74, 6) is -3.07. The van der Waals surface area contributed by atoms with Crippen LogP contribution in [0.5, 0.6) is 0 Å². The van der Waals surface area contributed by atoms with Crippen molar-refractivity contribution in [1.29, 1.82) is 0 Å². The zero-order chi connectivity index (χ0) is 51.2. The number of cyclic esters (lactones) is 1. The van der Waals surface area contributed by atoms with E-state index in [9.17, 15) is 45.0 Å². The molecule has 2 fully saturated rings. The molecule has 2 saturated heterocycles. The molecule has 7 rings (SSSR count). The number of hydrogen-bond acceptors (Lipinski definition) is 15. The van der Waals surface area contributed by atoms with Crippen LogP contribution in [-0.4, -0.2) is 154 Å². The Morgan fingerprint density at radius 1 is 0.708 bits per heavy atom. The Kier molecular flexibility index (Phi) is 23.3. The molecule has 16 heteroatoms. The number of benzene rings is 3. The summed E-state index contributed by atoms with van der Waals surface area (Å²) >= 11 is 0. The van der Waals surface area contributed by atoms with Crippen LogP contribution in [0.15, 0.2) is 96.4 Å². The number of fused-ring (bicyclic) bond motifs is 1. The Labute approximate surface area is 425 Å². The quantitative estimate of drug-likeness (QED) is 0.0367. The number of nitrogens with zero attached hydrogens (tertiary/aromatic N) is 3. The number of ether oxygens (including phenoxy) is 4. The van der Waals surface area contributed by atoms with E-state index in [1.165, 1.54) is 74.5 Å². The highest BCUT2D eigenvalue weighted by Crippen LogP contribution is 2.32. The Bertz CT molecular complexity index is 2080. The third kappa shape index (κ3) is 16.3. The van der Waals surface area contributed by atoms with E-state index >= 15 is 0 Å². The third-order valence-electron chi connectivity index (χ3n) is 14.0. The first kappa shape index (κ1) is 56.4. The van der Waals surface area contributed by atoms with Crippen molar-refractivity contribution < 1.29 is 64.0 Å². The smallest absolute Gasteiger partial charge is 0.378 e. The van der Waals surface area contributed by atoms with Crippen molar-refractivity contribution in [2.75, 3.05) is 57.4 Å². The van der Waals surface area contributed by atoms with Gasteiger partial charge in [0.1, 0.15) is 37.1 Å². The number of hydrogen-bond donors (Lipinski definition) is 6. The van der Waals surface area contributed by atoms with Gasteiger partial charge < -0.3 is 59.4 Å². The van der Waals surface area contributed by atoms with E-state index in [4.69, 9.17) is 18.9 Å². The van der Waals surface area contributed by atoms with Gasteiger partial charge in [0.2, 0.25) is 18.0 Å². The number of carbonyl (C=O) groups is 3. The SMILES string of the molecule is CCCCCCCCCCCCCCCC(=O)OC[C@H](O)[C@H]1OC(=O)C(O[C@H]2OC(CO)[C@@H](O)[C@H](O)C2O)=C1O.O=C1Cc2ccccc2N1CCCN1CCN(C(c2ccccc2)c2ccccc2)CC1. The molecule has 396 valence electrons. The number of aliphatic hydroxyl groups excluding tert-OH is 6. The Morgan fingerprint density at radius 3 is 1.88 bits per heavy atom. The van der Waals surface area contributed by atoms with Gasteiger partial charge in [-0.3, -0.25) is 14.5 Å². The van der Waals surface area contributed by atoms with Gasteiger partial charge >= 0.3 is 11.9 Å². The lowest BCUT2D eigenvalue weighted by Gasteiger charge is -2.40. The zero-order valence-corrected chi connectivity index (χ0v) is 42.1. The van der Waals surface area contributed by atoms with Gasteiger partial charge in [0.25, 0.3) is 0 Å². The van der Waals surface area contributed by atoms with Crippen LogP contribution in [0.1, 0.15) is 126 Å². The summed E-state index contributed by atoms with van der Waals surface area (Å²) < 4.78 is 20.3. The molecule has 72 heavy (non-hydrogen) atoms. The van der Waals surface area contributed by atoms with Gasteiger partial charge in [0.05, 0.1) is 19.1 Å². The highest BCUT2D eigenvalue weighted by atomic mass is 16.7. The van der Waals surface area contributed by atoms with Crippen LogP contribution < -0.4 is 4.90 Å². The summed E-state index contributed by atoms with van der Waals surface area (Å²) in [6.45, 7) is 7.08. The van der Waals surface area contributed by atoms with Gasteiger partial charge in [-0.1, -0.05) is 163 Å². The van der Waals surface area contributed by atoms with Crippen LogP contribution in [0.25, 0.3) is 0 Å². The zero-order valence-electron chi connectivity index (χ0n) is 42.1. The topological polar surface area (TPSA) is 219 Å². The minimum Gasteiger partial charge on any atom is -0.505 e. The van der Waals surface area contributed by atoms with E-state index in [1.54, 1.807) is 0 Å². The molecule has 2 unspecified atom stereocenters. The fourth-order valence-corrected chi connectivity index (χ4v) is 9.88. The molecule has 3 aromatic carbocycles. The number of piperazine rings is 1. The number of rotatable bonds is 27. The molecular formula is C56H79N3O13. The van der Waals surface area contributed by atoms with Gasteiger partial charge in [-0.2, -0.15) is 0 Å². The van der Waals surface area contributed by atoms with Crippen molar-refractivity contribution in [3.05, 3.63) is 113 Å². The molecule has 3 aromatic rings. The standard InChI is InChI=1S/C28H31N3O.C28H48O12/c32-27-22-25-14-7-8-15-26(25)31(27)17-9-16-29-18-20-30(21-19-29)28(23-10-3-1-4-11-23)24-12-5-2-6-13-24;1-2-3-4-5-6-7-8-9-10-11-12-13-14-15-20(31)37-17-18(30)25-24(35)26(27(36)39-25)40-28-23(34)22(33)21(32)19(16-29)38-28/h1-8,10-15,28H,9,16-22H2;18-19,21-23,25,28-30,32-35H,2-17H2,1H3/t;18-,19?,21+,22-,23?,25+,28+/m.0/s1. The molecule has 16 nitrogen and oxygen atoms in total. The van der Waals surface area contributed by atoms with E-state index in [0.29, 0.717) is 18.9 Å². The van der Waals surface area contributed by atoms with Crippen LogP contribution in [0, 0.1) is 0 Å². The van der Waals surface area contributed by atoms with Gasteiger partial charge in [-0.05, 0) is 42.1 Å². The molecule has 0 saturated carbocycles. The lowest BCUT2D eigenvalue weighted by atomic mass is 9.96. The molecule has 7 atom stereocenters. The first-order valence-electron chi connectivity index (χ1n) is 26.4. The second kappa shape index (κ2) is 29.7. The minimum atomic E-state index is -1.82. The summed E-state index contributed by atoms with van der Waals surface area (Å²) in [7, 11) is 0. The van der Waals surface area contributed by atoms with E-state index in [2.05, 4.69) is 89.5 Å². The Hall–Kier alpha value is -4.91. The van der Waals surface area contributed by atoms with E-state index in [1.807, 2.05) is 17.0 Å². The van der Waals surface area contributed by atoms with Gasteiger partial charge in [0.15, 0.2) is 11.9 Å². The highest BCUT2D eigenvalue weighted by molar-refractivity contribution is 6.01. The lowest BCUT2D eigenvalue weighted by Crippen LogP contribution is -2.59. The van der Waals surface area contributed by atoms with Gasteiger partial charge in [-0.15, -0.1) is 0 Å². The molecule has 0 aliphatic carbocycles. The molecule has 0 radical (unpaired) electrons. The van der Waals surface area contributed by atoms with Gasteiger partial charge in [0, 0.05) is 44.8 Å². The van der Waals surface area contributed by atoms with E-state index in [-0.39, 0.29) is 12.3 Å². The molecule has 0 aromatic heterocycles. The Morgan fingerprint density at radius 2 is 1.28 bits per heavy atom. The van der Waals surface area contributed by atoms with Crippen LogP contribution >= 0.6 is 0 Å². The maximum absolute atomic E-state index is 12.4. The lowest BCUT2D eigenvalue weighted by molar-refractivity contribution is -0.291. The first-order valence-corrected chi connectivity index (χ1v) is 26.4. The maximum Gasteiger partial charge on any atom is 0.378 e. The molecule has 0 spiro atoms. The van der Waals surface area contributed by atoms with Crippen molar-refractivity contribution in [3.8, 4) is 0 Å². The average Bonchev–Trinajstić information content (AvgIpc) is 3.88.